The SMILES string of the molecule is Cl.O=C(NCC1(c2ccccc2)CCCC1)C1CCCN1. The molecule has 1 heterocycles. The summed E-state index contributed by atoms with van der Waals surface area (Å²) in [5.74, 6) is 0.185. The van der Waals surface area contributed by atoms with Gasteiger partial charge in [0.25, 0.3) is 0 Å². The molecule has 4 heteroatoms. The molecule has 1 saturated carbocycles. The Hall–Kier alpha value is -1.06. The van der Waals surface area contributed by atoms with Crippen LogP contribution in [0, 0.1) is 0 Å². The molecule has 2 aliphatic rings. The van der Waals surface area contributed by atoms with E-state index in [0.29, 0.717) is 0 Å². The average molecular weight is 309 g/mol. The molecule has 1 aromatic carbocycles. The number of halogens is 1. The van der Waals surface area contributed by atoms with E-state index in [4.69, 9.17) is 0 Å². The van der Waals surface area contributed by atoms with E-state index in [9.17, 15) is 4.79 Å². The van der Waals surface area contributed by atoms with E-state index < -0.39 is 0 Å². The quantitative estimate of drug-likeness (QED) is 0.898. The molecule has 1 aliphatic carbocycles. The molecule has 1 aliphatic heterocycles. The highest BCUT2D eigenvalue weighted by molar-refractivity contribution is 5.85. The summed E-state index contributed by atoms with van der Waals surface area (Å²) in [5.41, 5.74) is 1.55. The fourth-order valence-corrected chi connectivity index (χ4v) is 3.70. The van der Waals surface area contributed by atoms with Crippen molar-refractivity contribution in [3.8, 4) is 0 Å². The molecule has 3 rings (SSSR count). The van der Waals surface area contributed by atoms with Crippen LogP contribution in [0.25, 0.3) is 0 Å². The average Bonchev–Trinajstić information content (AvgIpc) is 3.18. The number of nitrogens with one attached hydrogen (secondary N) is 2. The number of rotatable bonds is 4. The zero-order valence-electron chi connectivity index (χ0n) is 12.4. The van der Waals surface area contributed by atoms with E-state index in [1.54, 1.807) is 0 Å². The first kappa shape index (κ1) is 16.3. The Morgan fingerprint density at radius 3 is 2.52 bits per heavy atom. The molecule has 1 unspecified atom stereocenters. The van der Waals surface area contributed by atoms with Gasteiger partial charge in [0, 0.05) is 12.0 Å². The van der Waals surface area contributed by atoms with Gasteiger partial charge < -0.3 is 10.6 Å². The first-order chi connectivity index (χ1) is 9.80. The van der Waals surface area contributed by atoms with Gasteiger partial charge in [-0.3, -0.25) is 4.79 Å². The monoisotopic (exact) mass is 308 g/mol. The van der Waals surface area contributed by atoms with Crippen molar-refractivity contribution in [2.45, 2.75) is 50.0 Å². The van der Waals surface area contributed by atoms with E-state index >= 15 is 0 Å². The number of hydrogen-bond acceptors (Lipinski definition) is 2. The zero-order valence-corrected chi connectivity index (χ0v) is 13.3. The van der Waals surface area contributed by atoms with Crippen LogP contribution in [-0.2, 0) is 10.2 Å². The van der Waals surface area contributed by atoms with Gasteiger partial charge in [-0.1, -0.05) is 43.2 Å². The van der Waals surface area contributed by atoms with Crippen LogP contribution >= 0.6 is 12.4 Å². The van der Waals surface area contributed by atoms with E-state index in [1.165, 1.54) is 31.2 Å². The summed E-state index contributed by atoms with van der Waals surface area (Å²) in [5, 5.41) is 6.48. The molecular weight excluding hydrogens is 284 g/mol. The van der Waals surface area contributed by atoms with Crippen LogP contribution in [0.4, 0.5) is 0 Å². The smallest absolute Gasteiger partial charge is 0.237 e. The van der Waals surface area contributed by atoms with E-state index in [1.807, 2.05) is 0 Å². The zero-order chi connectivity index (χ0) is 13.8. The van der Waals surface area contributed by atoms with E-state index in [2.05, 4.69) is 41.0 Å². The van der Waals surface area contributed by atoms with Crippen molar-refractivity contribution in [3.05, 3.63) is 35.9 Å². The van der Waals surface area contributed by atoms with Crippen molar-refractivity contribution in [2.75, 3.05) is 13.1 Å². The highest BCUT2D eigenvalue weighted by Gasteiger charge is 2.36. The van der Waals surface area contributed by atoms with Crippen LogP contribution in [0.15, 0.2) is 30.3 Å². The maximum Gasteiger partial charge on any atom is 0.237 e. The minimum absolute atomic E-state index is 0. The van der Waals surface area contributed by atoms with Crippen molar-refractivity contribution < 1.29 is 4.79 Å². The molecule has 3 nitrogen and oxygen atoms in total. The van der Waals surface area contributed by atoms with Crippen molar-refractivity contribution in [3.63, 3.8) is 0 Å². The molecule has 21 heavy (non-hydrogen) atoms. The van der Waals surface area contributed by atoms with Crippen molar-refractivity contribution in [1.29, 1.82) is 0 Å². The second kappa shape index (κ2) is 7.28. The number of amides is 1. The third-order valence-corrected chi connectivity index (χ3v) is 4.92. The summed E-state index contributed by atoms with van der Waals surface area (Å²) in [4.78, 5) is 12.2. The fourth-order valence-electron chi connectivity index (χ4n) is 3.70. The van der Waals surface area contributed by atoms with Crippen LogP contribution < -0.4 is 10.6 Å². The Labute approximate surface area is 133 Å². The number of carbonyl (C=O) groups excluding carboxylic acids is 1. The molecule has 0 radical (unpaired) electrons. The molecule has 0 aromatic heterocycles. The molecule has 2 N–H and O–H groups in total. The minimum Gasteiger partial charge on any atom is -0.354 e. The third-order valence-electron chi connectivity index (χ3n) is 4.92. The van der Waals surface area contributed by atoms with Crippen LogP contribution in [0.3, 0.4) is 0 Å². The molecule has 1 aromatic rings. The Kier molecular flexibility index (Phi) is 5.65. The van der Waals surface area contributed by atoms with Crippen LogP contribution in [0.5, 0.6) is 0 Å². The summed E-state index contributed by atoms with van der Waals surface area (Å²) in [6.45, 7) is 1.76. The Morgan fingerprint density at radius 1 is 1.19 bits per heavy atom. The molecule has 1 amide bonds. The molecule has 1 atom stereocenters. The number of hydrogen-bond donors (Lipinski definition) is 2. The molecule has 0 bridgehead atoms. The normalized spacial score (nSPS) is 23.5. The van der Waals surface area contributed by atoms with Crippen molar-refractivity contribution in [2.24, 2.45) is 0 Å². The fraction of sp³-hybridized carbons (Fsp3) is 0.588. The standard InChI is InChI=1S/C17H24N2O.ClH/c20-16(15-9-6-12-18-15)19-13-17(10-4-5-11-17)14-7-2-1-3-8-14;/h1-3,7-8,15,18H,4-6,9-13H2,(H,19,20);1H. The van der Waals surface area contributed by atoms with E-state index in [0.717, 1.165) is 25.9 Å². The van der Waals surface area contributed by atoms with Crippen molar-refractivity contribution >= 4 is 18.3 Å². The number of benzene rings is 1. The van der Waals surface area contributed by atoms with Crippen LogP contribution in [0.2, 0.25) is 0 Å². The summed E-state index contributed by atoms with van der Waals surface area (Å²) in [7, 11) is 0. The maximum absolute atomic E-state index is 12.2. The second-order valence-electron chi connectivity index (χ2n) is 6.22. The summed E-state index contributed by atoms with van der Waals surface area (Å²) >= 11 is 0. The van der Waals surface area contributed by atoms with Gasteiger partial charge in [0.1, 0.15) is 0 Å². The first-order valence-corrected chi connectivity index (χ1v) is 7.87. The highest BCUT2D eigenvalue weighted by atomic mass is 35.5. The maximum atomic E-state index is 12.2. The molecule has 0 spiro atoms. The summed E-state index contributed by atoms with van der Waals surface area (Å²) in [6, 6.07) is 10.7. The lowest BCUT2D eigenvalue weighted by Crippen LogP contribution is -2.46. The third kappa shape index (κ3) is 3.58. The Balaban J connectivity index is 0.00000161. The largest absolute Gasteiger partial charge is 0.354 e. The van der Waals surface area contributed by atoms with Gasteiger partial charge in [0.2, 0.25) is 5.91 Å². The van der Waals surface area contributed by atoms with Gasteiger partial charge in [-0.05, 0) is 37.8 Å². The first-order valence-electron chi connectivity index (χ1n) is 7.87. The van der Waals surface area contributed by atoms with Gasteiger partial charge in [-0.15, -0.1) is 12.4 Å². The molecular formula is C17H25ClN2O. The summed E-state index contributed by atoms with van der Waals surface area (Å²) in [6.07, 6.45) is 7.01. The molecule has 1 saturated heterocycles. The van der Waals surface area contributed by atoms with Crippen LogP contribution in [0.1, 0.15) is 44.1 Å². The van der Waals surface area contributed by atoms with Gasteiger partial charge in [0.15, 0.2) is 0 Å². The summed E-state index contributed by atoms with van der Waals surface area (Å²) < 4.78 is 0. The lowest BCUT2D eigenvalue weighted by molar-refractivity contribution is -0.123. The predicted molar refractivity (Wildman–Crippen MR) is 87.9 cm³/mol. The second-order valence-corrected chi connectivity index (χ2v) is 6.22. The van der Waals surface area contributed by atoms with Gasteiger partial charge in [0.05, 0.1) is 6.04 Å². The Morgan fingerprint density at radius 2 is 1.90 bits per heavy atom. The Bertz CT molecular complexity index is 451. The molecule has 2 fully saturated rings. The topological polar surface area (TPSA) is 41.1 Å². The minimum atomic E-state index is 0. The van der Waals surface area contributed by atoms with Crippen molar-refractivity contribution in [1.82, 2.24) is 10.6 Å². The molecule has 116 valence electrons. The van der Waals surface area contributed by atoms with Gasteiger partial charge in [-0.25, -0.2) is 0 Å². The lowest BCUT2D eigenvalue weighted by Gasteiger charge is -2.30. The van der Waals surface area contributed by atoms with Gasteiger partial charge >= 0.3 is 0 Å². The highest BCUT2D eigenvalue weighted by Crippen LogP contribution is 2.40. The van der Waals surface area contributed by atoms with Gasteiger partial charge in [-0.2, -0.15) is 0 Å². The lowest BCUT2D eigenvalue weighted by atomic mass is 9.79. The van der Waals surface area contributed by atoms with E-state index in [-0.39, 0.29) is 29.8 Å². The number of carbonyl (C=O) groups is 1. The van der Waals surface area contributed by atoms with Crippen LogP contribution in [-0.4, -0.2) is 25.0 Å². The predicted octanol–water partition coefficient (Wildman–Crippen LogP) is 2.79.